The first-order valence-corrected chi connectivity index (χ1v) is 10.6. The molecule has 0 aromatic heterocycles. The number of aryl methyl sites for hydroxylation is 1. The van der Waals surface area contributed by atoms with Gasteiger partial charge in [-0.15, -0.1) is 0 Å². The lowest BCUT2D eigenvalue weighted by Crippen LogP contribution is -2.33. The van der Waals surface area contributed by atoms with E-state index in [2.05, 4.69) is 5.32 Å². The zero-order valence-electron chi connectivity index (χ0n) is 15.8. The minimum absolute atomic E-state index is 0.00608. The summed E-state index contributed by atoms with van der Waals surface area (Å²) >= 11 is 0. The molecule has 0 spiro atoms. The molecule has 1 atom stereocenters. The molecule has 0 aliphatic rings. The first-order chi connectivity index (χ1) is 12.7. The first kappa shape index (κ1) is 20.9. The Labute approximate surface area is 160 Å². The summed E-state index contributed by atoms with van der Waals surface area (Å²) in [5.74, 6) is -0.787. The number of para-hydroxylation sites is 1. The van der Waals surface area contributed by atoms with Gasteiger partial charge in [0.25, 0.3) is 0 Å². The Balaban J connectivity index is 1.93. The number of carbonyl (C=O) groups excluding carboxylic acids is 1. The van der Waals surface area contributed by atoms with Gasteiger partial charge < -0.3 is 5.32 Å². The van der Waals surface area contributed by atoms with Crippen molar-refractivity contribution in [1.82, 2.24) is 5.32 Å². The fourth-order valence-corrected chi connectivity index (χ4v) is 3.72. The minimum atomic E-state index is -3.65. The van der Waals surface area contributed by atoms with Gasteiger partial charge in [-0.1, -0.05) is 42.0 Å². The number of benzene rings is 2. The standard InChI is InChI=1S/C20H25FN2O3S/c1-15-10-12-17(13-11-15)16(2)22-20(24)9-6-14-23(27(3,25)26)19-8-5-4-7-18(19)21/h4-5,7-8,10-13,16H,6,9,14H2,1-3H3,(H,22,24)/t16-/m0/s1. The van der Waals surface area contributed by atoms with E-state index >= 15 is 0 Å². The monoisotopic (exact) mass is 392 g/mol. The molecule has 0 saturated carbocycles. The predicted molar refractivity (Wildman–Crippen MR) is 106 cm³/mol. The summed E-state index contributed by atoms with van der Waals surface area (Å²) in [6.07, 6.45) is 1.46. The second kappa shape index (κ2) is 8.99. The van der Waals surface area contributed by atoms with E-state index in [0.717, 1.165) is 21.7 Å². The normalized spacial score (nSPS) is 12.4. The van der Waals surface area contributed by atoms with E-state index in [1.54, 1.807) is 6.07 Å². The second-order valence-corrected chi connectivity index (χ2v) is 8.50. The first-order valence-electron chi connectivity index (χ1n) is 8.76. The van der Waals surface area contributed by atoms with Gasteiger partial charge in [0.05, 0.1) is 18.0 Å². The second-order valence-electron chi connectivity index (χ2n) is 6.59. The highest BCUT2D eigenvalue weighted by atomic mass is 32.2. The van der Waals surface area contributed by atoms with Gasteiger partial charge in [-0.05, 0) is 38.0 Å². The summed E-state index contributed by atoms with van der Waals surface area (Å²) in [5.41, 5.74) is 2.14. The Kier molecular flexibility index (Phi) is 6.96. The quantitative estimate of drug-likeness (QED) is 0.747. The van der Waals surface area contributed by atoms with E-state index in [1.165, 1.54) is 18.2 Å². The van der Waals surface area contributed by atoms with Gasteiger partial charge in [-0.2, -0.15) is 0 Å². The number of hydrogen-bond donors (Lipinski definition) is 1. The molecule has 27 heavy (non-hydrogen) atoms. The fourth-order valence-electron chi connectivity index (χ4n) is 2.75. The number of amides is 1. The van der Waals surface area contributed by atoms with Crippen LogP contribution in [0.4, 0.5) is 10.1 Å². The van der Waals surface area contributed by atoms with E-state index < -0.39 is 15.8 Å². The molecule has 0 fully saturated rings. The lowest BCUT2D eigenvalue weighted by molar-refractivity contribution is -0.121. The molecule has 2 aromatic rings. The molecule has 0 aliphatic heterocycles. The molecule has 2 aromatic carbocycles. The Morgan fingerprint density at radius 1 is 1.15 bits per heavy atom. The minimum Gasteiger partial charge on any atom is -0.350 e. The molecular weight excluding hydrogens is 367 g/mol. The molecule has 0 heterocycles. The largest absolute Gasteiger partial charge is 0.350 e. The van der Waals surface area contributed by atoms with Crippen molar-refractivity contribution in [3.8, 4) is 0 Å². The molecule has 0 bridgehead atoms. The number of halogens is 1. The number of nitrogens with one attached hydrogen (secondary N) is 1. The molecule has 5 nitrogen and oxygen atoms in total. The summed E-state index contributed by atoms with van der Waals surface area (Å²) in [7, 11) is -3.65. The van der Waals surface area contributed by atoms with Crippen molar-refractivity contribution in [2.45, 2.75) is 32.7 Å². The van der Waals surface area contributed by atoms with Crippen LogP contribution >= 0.6 is 0 Å². The highest BCUT2D eigenvalue weighted by Gasteiger charge is 2.20. The molecule has 1 N–H and O–H groups in total. The van der Waals surface area contributed by atoms with Crippen molar-refractivity contribution in [3.63, 3.8) is 0 Å². The van der Waals surface area contributed by atoms with Crippen LogP contribution in [-0.2, 0) is 14.8 Å². The topological polar surface area (TPSA) is 66.5 Å². The van der Waals surface area contributed by atoms with Gasteiger partial charge in [-0.25, -0.2) is 12.8 Å². The van der Waals surface area contributed by atoms with Gasteiger partial charge in [-0.3, -0.25) is 9.10 Å². The fraction of sp³-hybridized carbons (Fsp3) is 0.350. The van der Waals surface area contributed by atoms with Crippen LogP contribution in [0, 0.1) is 12.7 Å². The number of carbonyl (C=O) groups is 1. The van der Waals surface area contributed by atoms with E-state index in [9.17, 15) is 17.6 Å². The van der Waals surface area contributed by atoms with Gasteiger partial charge >= 0.3 is 0 Å². The molecular formula is C20H25FN2O3S. The third kappa shape index (κ3) is 6.06. The van der Waals surface area contributed by atoms with Crippen molar-refractivity contribution < 1.29 is 17.6 Å². The zero-order chi connectivity index (χ0) is 20.0. The Morgan fingerprint density at radius 3 is 2.37 bits per heavy atom. The SMILES string of the molecule is Cc1ccc([C@H](C)NC(=O)CCCN(c2ccccc2F)S(C)(=O)=O)cc1. The maximum atomic E-state index is 14.0. The van der Waals surface area contributed by atoms with Crippen LogP contribution < -0.4 is 9.62 Å². The summed E-state index contributed by atoms with van der Waals surface area (Å²) in [6.45, 7) is 3.92. The van der Waals surface area contributed by atoms with E-state index in [1.807, 2.05) is 38.1 Å². The van der Waals surface area contributed by atoms with Gasteiger partial charge in [0, 0.05) is 13.0 Å². The van der Waals surface area contributed by atoms with Gasteiger partial charge in [0.1, 0.15) is 5.82 Å². The highest BCUT2D eigenvalue weighted by Crippen LogP contribution is 2.22. The molecule has 0 saturated heterocycles. The molecule has 7 heteroatoms. The van der Waals surface area contributed by atoms with Crippen molar-refractivity contribution in [2.24, 2.45) is 0 Å². The molecule has 146 valence electrons. The number of anilines is 1. The van der Waals surface area contributed by atoms with Crippen LogP contribution in [0.3, 0.4) is 0 Å². The summed E-state index contributed by atoms with van der Waals surface area (Å²) in [5, 5.41) is 2.90. The van der Waals surface area contributed by atoms with Crippen LogP contribution in [0.15, 0.2) is 48.5 Å². The summed E-state index contributed by atoms with van der Waals surface area (Å²) in [6, 6.07) is 13.4. The van der Waals surface area contributed by atoms with Crippen LogP contribution in [0.1, 0.15) is 36.9 Å². The number of nitrogens with zero attached hydrogens (tertiary/aromatic N) is 1. The van der Waals surface area contributed by atoms with E-state index in [4.69, 9.17) is 0 Å². The maximum absolute atomic E-state index is 14.0. The number of hydrogen-bond acceptors (Lipinski definition) is 3. The van der Waals surface area contributed by atoms with Crippen molar-refractivity contribution in [1.29, 1.82) is 0 Å². The lowest BCUT2D eigenvalue weighted by Gasteiger charge is -2.23. The van der Waals surface area contributed by atoms with Crippen LogP contribution in [0.2, 0.25) is 0 Å². The Morgan fingerprint density at radius 2 is 1.78 bits per heavy atom. The maximum Gasteiger partial charge on any atom is 0.232 e. The predicted octanol–water partition coefficient (Wildman–Crippen LogP) is 3.56. The van der Waals surface area contributed by atoms with Gasteiger partial charge in [0.15, 0.2) is 0 Å². The summed E-state index contributed by atoms with van der Waals surface area (Å²) in [4.78, 5) is 12.2. The van der Waals surface area contributed by atoms with Crippen molar-refractivity contribution in [2.75, 3.05) is 17.1 Å². The van der Waals surface area contributed by atoms with E-state index in [-0.39, 0.29) is 37.0 Å². The van der Waals surface area contributed by atoms with Crippen LogP contribution in [0.25, 0.3) is 0 Å². The third-order valence-corrected chi connectivity index (χ3v) is 5.42. The number of sulfonamides is 1. The number of rotatable bonds is 8. The average molecular weight is 392 g/mol. The van der Waals surface area contributed by atoms with Crippen LogP contribution in [-0.4, -0.2) is 27.1 Å². The smallest absolute Gasteiger partial charge is 0.232 e. The highest BCUT2D eigenvalue weighted by molar-refractivity contribution is 7.92. The van der Waals surface area contributed by atoms with Crippen molar-refractivity contribution in [3.05, 3.63) is 65.5 Å². The molecule has 0 radical (unpaired) electrons. The molecule has 0 unspecified atom stereocenters. The zero-order valence-corrected chi connectivity index (χ0v) is 16.6. The summed E-state index contributed by atoms with van der Waals surface area (Å²) < 4.78 is 39.0. The molecule has 2 rings (SSSR count). The molecule has 0 aliphatic carbocycles. The third-order valence-electron chi connectivity index (χ3n) is 4.24. The van der Waals surface area contributed by atoms with Gasteiger partial charge in [0.2, 0.25) is 15.9 Å². The molecule has 1 amide bonds. The lowest BCUT2D eigenvalue weighted by atomic mass is 10.1. The Bertz CT molecular complexity index is 882. The average Bonchev–Trinajstić information content (AvgIpc) is 2.59. The van der Waals surface area contributed by atoms with Crippen LogP contribution in [0.5, 0.6) is 0 Å². The van der Waals surface area contributed by atoms with E-state index in [0.29, 0.717) is 0 Å². The Hall–Kier alpha value is -2.41. The van der Waals surface area contributed by atoms with Crippen molar-refractivity contribution >= 4 is 21.6 Å².